The number of rotatable bonds is 5. The van der Waals surface area contributed by atoms with Gasteiger partial charge >= 0.3 is 0 Å². The van der Waals surface area contributed by atoms with Crippen molar-refractivity contribution in [1.82, 2.24) is 10.2 Å². The number of benzene rings is 1. The number of hydrogen-bond acceptors (Lipinski definition) is 4. The van der Waals surface area contributed by atoms with Crippen LogP contribution in [0.25, 0.3) is 0 Å². The summed E-state index contributed by atoms with van der Waals surface area (Å²) in [5.41, 5.74) is 0. The van der Waals surface area contributed by atoms with Gasteiger partial charge in [0.15, 0.2) is 0 Å². The van der Waals surface area contributed by atoms with Gasteiger partial charge in [-0.3, -0.25) is 4.79 Å². The molecule has 20 heavy (non-hydrogen) atoms. The van der Waals surface area contributed by atoms with Gasteiger partial charge in [0.1, 0.15) is 24.3 Å². The molecule has 0 aliphatic carbocycles. The first-order chi connectivity index (χ1) is 9.65. The lowest BCUT2D eigenvalue weighted by Gasteiger charge is -2.29. The van der Waals surface area contributed by atoms with Crippen molar-refractivity contribution in [2.24, 2.45) is 0 Å². The van der Waals surface area contributed by atoms with E-state index in [2.05, 4.69) is 10.2 Å². The standard InChI is InChI=1S/C14H19FN2O3/c1-17-7-9-20-13(10-17)14(18)16-6-8-19-12-4-2-11(15)3-5-12/h2-5,13H,6-10H2,1H3,(H,16,18)/t13-/m0/s1. The second-order valence-corrected chi connectivity index (χ2v) is 4.72. The summed E-state index contributed by atoms with van der Waals surface area (Å²) < 4.78 is 23.5. The highest BCUT2D eigenvalue weighted by atomic mass is 19.1. The van der Waals surface area contributed by atoms with E-state index >= 15 is 0 Å². The molecular formula is C14H19FN2O3. The van der Waals surface area contributed by atoms with E-state index in [1.165, 1.54) is 12.1 Å². The average Bonchev–Trinajstić information content (AvgIpc) is 2.45. The summed E-state index contributed by atoms with van der Waals surface area (Å²) in [4.78, 5) is 13.9. The smallest absolute Gasteiger partial charge is 0.250 e. The van der Waals surface area contributed by atoms with Crippen molar-refractivity contribution in [3.05, 3.63) is 30.1 Å². The normalized spacial score (nSPS) is 19.6. The van der Waals surface area contributed by atoms with E-state index in [0.717, 1.165) is 6.54 Å². The van der Waals surface area contributed by atoms with Gasteiger partial charge < -0.3 is 19.7 Å². The van der Waals surface area contributed by atoms with Gasteiger partial charge in [0.05, 0.1) is 13.2 Å². The predicted molar refractivity (Wildman–Crippen MR) is 72.1 cm³/mol. The van der Waals surface area contributed by atoms with E-state index in [1.807, 2.05) is 7.05 Å². The summed E-state index contributed by atoms with van der Waals surface area (Å²) in [5.74, 6) is 0.151. The number of carbonyl (C=O) groups excluding carboxylic acids is 1. The Morgan fingerprint density at radius 3 is 2.95 bits per heavy atom. The highest BCUT2D eigenvalue weighted by molar-refractivity contribution is 5.81. The Kier molecular flexibility index (Phi) is 5.31. The Morgan fingerprint density at radius 2 is 2.25 bits per heavy atom. The molecule has 1 N–H and O–H groups in total. The first-order valence-corrected chi connectivity index (χ1v) is 6.61. The number of amides is 1. The molecule has 0 saturated carbocycles. The Labute approximate surface area is 117 Å². The van der Waals surface area contributed by atoms with E-state index in [4.69, 9.17) is 9.47 Å². The van der Waals surface area contributed by atoms with Crippen LogP contribution in [0.4, 0.5) is 4.39 Å². The van der Waals surface area contributed by atoms with Gasteiger partial charge in [-0.05, 0) is 31.3 Å². The van der Waals surface area contributed by atoms with Gasteiger partial charge in [0.25, 0.3) is 5.91 Å². The average molecular weight is 282 g/mol. The summed E-state index contributed by atoms with van der Waals surface area (Å²) in [6.07, 6.45) is -0.417. The van der Waals surface area contributed by atoms with Crippen LogP contribution in [-0.4, -0.2) is 56.8 Å². The quantitative estimate of drug-likeness (QED) is 0.806. The topological polar surface area (TPSA) is 50.8 Å². The number of nitrogens with one attached hydrogen (secondary N) is 1. The van der Waals surface area contributed by atoms with E-state index in [-0.39, 0.29) is 11.7 Å². The Balaban J connectivity index is 1.65. The van der Waals surface area contributed by atoms with Gasteiger partial charge in [-0.2, -0.15) is 0 Å². The highest BCUT2D eigenvalue weighted by Crippen LogP contribution is 2.10. The van der Waals surface area contributed by atoms with E-state index < -0.39 is 6.10 Å². The maximum atomic E-state index is 12.7. The van der Waals surface area contributed by atoms with E-state index in [1.54, 1.807) is 12.1 Å². The highest BCUT2D eigenvalue weighted by Gasteiger charge is 2.24. The van der Waals surface area contributed by atoms with Crippen molar-refractivity contribution in [1.29, 1.82) is 0 Å². The van der Waals surface area contributed by atoms with Crippen LogP contribution in [0.3, 0.4) is 0 Å². The van der Waals surface area contributed by atoms with Crippen molar-refractivity contribution in [3.63, 3.8) is 0 Å². The zero-order valence-electron chi connectivity index (χ0n) is 11.5. The number of halogens is 1. The molecule has 1 aliphatic rings. The number of hydrogen-bond donors (Lipinski definition) is 1. The van der Waals surface area contributed by atoms with E-state index in [0.29, 0.717) is 32.1 Å². The van der Waals surface area contributed by atoms with Crippen LogP contribution >= 0.6 is 0 Å². The molecule has 2 rings (SSSR count). The number of likely N-dealkylation sites (N-methyl/N-ethyl adjacent to an activating group) is 1. The second-order valence-electron chi connectivity index (χ2n) is 4.72. The lowest BCUT2D eigenvalue weighted by Crippen LogP contribution is -2.49. The van der Waals surface area contributed by atoms with Crippen LogP contribution in [-0.2, 0) is 9.53 Å². The van der Waals surface area contributed by atoms with Gasteiger partial charge in [-0.1, -0.05) is 0 Å². The Bertz CT molecular complexity index is 439. The minimum atomic E-state index is -0.417. The van der Waals surface area contributed by atoms with Gasteiger partial charge in [-0.25, -0.2) is 4.39 Å². The van der Waals surface area contributed by atoms with Crippen LogP contribution in [0, 0.1) is 5.82 Å². The molecule has 1 saturated heterocycles. The monoisotopic (exact) mass is 282 g/mol. The minimum absolute atomic E-state index is 0.126. The fourth-order valence-electron chi connectivity index (χ4n) is 1.92. The minimum Gasteiger partial charge on any atom is -0.492 e. The van der Waals surface area contributed by atoms with Crippen molar-refractivity contribution in [3.8, 4) is 5.75 Å². The summed E-state index contributed by atoms with van der Waals surface area (Å²) >= 11 is 0. The molecule has 1 fully saturated rings. The van der Waals surface area contributed by atoms with Crippen molar-refractivity contribution in [2.45, 2.75) is 6.10 Å². The van der Waals surface area contributed by atoms with Gasteiger partial charge in [0, 0.05) is 13.1 Å². The van der Waals surface area contributed by atoms with E-state index in [9.17, 15) is 9.18 Å². The molecule has 5 nitrogen and oxygen atoms in total. The summed E-state index contributed by atoms with van der Waals surface area (Å²) in [6.45, 7) is 2.74. The SMILES string of the molecule is CN1CCO[C@H](C(=O)NCCOc2ccc(F)cc2)C1. The maximum absolute atomic E-state index is 12.7. The van der Waals surface area contributed by atoms with Gasteiger partial charge in [-0.15, -0.1) is 0 Å². The van der Waals surface area contributed by atoms with Crippen molar-refractivity contribution >= 4 is 5.91 Å². The largest absolute Gasteiger partial charge is 0.492 e. The molecule has 1 aliphatic heterocycles. The molecule has 6 heteroatoms. The third-order valence-corrected chi connectivity index (χ3v) is 3.05. The number of morpholine rings is 1. The fourth-order valence-corrected chi connectivity index (χ4v) is 1.92. The molecule has 1 aromatic rings. The number of nitrogens with zero attached hydrogens (tertiary/aromatic N) is 1. The van der Waals surface area contributed by atoms with Crippen LogP contribution in [0.2, 0.25) is 0 Å². The third-order valence-electron chi connectivity index (χ3n) is 3.05. The fraction of sp³-hybridized carbons (Fsp3) is 0.500. The van der Waals surface area contributed by atoms with Crippen molar-refractivity contribution in [2.75, 3.05) is 39.9 Å². The Hall–Kier alpha value is -1.66. The van der Waals surface area contributed by atoms with Crippen LogP contribution in [0.5, 0.6) is 5.75 Å². The molecule has 0 spiro atoms. The molecule has 1 aromatic carbocycles. The Morgan fingerprint density at radius 1 is 1.50 bits per heavy atom. The van der Waals surface area contributed by atoms with Crippen LogP contribution in [0.15, 0.2) is 24.3 Å². The molecule has 0 unspecified atom stereocenters. The molecule has 1 heterocycles. The molecule has 0 aromatic heterocycles. The molecular weight excluding hydrogens is 263 g/mol. The molecule has 110 valence electrons. The first-order valence-electron chi connectivity index (χ1n) is 6.61. The zero-order valence-corrected chi connectivity index (χ0v) is 11.5. The molecule has 1 amide bonds. The summed E-state index contributed by atoms with van der Waals surface area (Å²) in [7, 11) is 1.96. The lowest BCUT2D eigenvalue weighted by atomic mass is 10.2. The third kappa shape index (κ3) is 4.47. The maximum Gasteiger partial charge on any atom is 0.250 e. The summed E-state index contributed by atoms with van der Waals surface area (Å²) in [5, 5.41) is 2.76. The number of ether oxygens (including phenoxy) is 2. The summed E-state index contributed by atoms with van der Waals surface area (Å²) in [6, 6.07) is 5.77. The van der Waals surface area contributed by atoms with Crippen molar-refractivity contribution < 1.29 is 18.7 Å². The lowest BCUT2D eigenvalue weighted by molar-refractivity contribution is -0.137. The molecule has 1 atom stereocenters. The number of carbonyl (C=O) groups is 1. The predicted octanol–water partition coefficient (Wildman–Crippen LogP) is 0.651. The second kappa shape index (κ2) is 7.21. The molecule has 0 radical (unpaired) electrons. The van der Waals surface area contributed by atoms with Crippen LogP contribution < -0.4 is 10.1 Å². The zero-order chi connectivity index (χ0) is 14.4. The van der Waals surface area contributed by atoms with Gasteiger partial charge in [0.2, 0.25) is 0 Å². The first kappa shape index (κ1) is 14.7. The van der Waals surface area contributed by atoms with Crippen LogP contribution in [0.1, 0.15) is 0 Å². The molecule has 0 bridgehead atoms.